The number of pyridine rings is 2. The number of amides is 1. The molecule has 180 valence electrons. The van der Waals surface area contributed by atoms with E-state index in [0.29, 0.717) is 28.3 Å². The summed E-state index contributed by atoms with van der Waals surface area (Å²) in [5.74, 6) is 0.858. The number of benzene rings is 2. The van der Waals surface area contributed by atoms with Crippen LogP contribution in [0.4, 0.5) is 0 Å². The summed E-state index contributed by atoms with van der Waals surface area (Å²) >= 11 is 0. The highest BCUT2D eigenvalue weighted by molar-refractivity contribution is 5.98. The van der Waals surface area contributed by atoms with Gasteiger partial charge in [0.25, 0.3) is 5.91 Å². The molecule has 0 radical (unpaired) electrons. The lowest BCUT2D eigenvalue weighted by atomic mass is 10.0. The Morgan fingerprint density at radius 2 is 1.92 bits per heavy atom. The van der Waals surface area contributed by atoms with Gasteiger partial charge in [0.2, 0.25) is 5.88 Å². The molecule has 3 aromatic heterocycles. The fourth-order valence-corrected chi connectivity index (χ4v) is 4.04. The van der Waals surface area contributed by atoms with Crippen LogP contribution in [0.3, 0.4) is 0 Å². The maximum atomic E-state index is 12.9. The molecule has 0 aliphatic heterocycles. The number of aryl methyl sites for hydroxylation is 1. The summed E-state index contributed by atoms with van der Waals surface area (Å²) in [6.07, 6.45) is 3.43. The first-order valence-corrected chi connectivity index (χ1v) is 11.5. The van der Waals surface area contributed by atoms with Gasteiger partial charge in [-0.1, -0.05) is 12.1 Å². The largest absolute Gasteiger partial charge is 0.507 e. The van der Waals surface area contributed by atoms with Crippen molar-refractivity contribution in [3.63, 3.8) is 0 Å². The van der Waals surface area contributed by atoms with Crippen molar-refractivity contribution in [3.8, 4) is 34.1 Å². The first-order valence-electron chi connectivity index (χ1n) is 11.5. The lowest BCUT2D eigenvalue weighted by molar-refractivity contribution is 0.0940. The molecule has 8 heteroatoms. The van der Waals surface area contributed by atoms with Gasteiger partial charge in [-0.25, -0.2) is 9.97 Å². The van der Waals surface area contributed by atoms with E-state index >= 15 is 0 Å². The van der Waals surface area contributed by atoms with Gasteiger partial charge in [-0.15, -0.1) is 0 Å². The number of aromatic amines is 1. The Labute approximate surface area is 208 Å². The molecule has 1 amide bonds. The van der Waals surface area contributed by atoms with E-state index in [4.69, 9.17) is 4.74 Å². The number of nitrogens with zero attached hydrogens (tertiary/aromatic N) is 3. The molecule has 0 bridgehead atoms. The van der Waals surface area contributed by atoms with Crippen molar-refractivity contribution in [1.29, 1.82) is 0 Å². The molecular formula is C28H25N5O3. The van der Waals surface area contributed by atoms with Gasteiger partial charge in [-0.05, 0) is 73.5 Å². The number of methoxy groups -OCH3 is 1. The van der Waals surface area contributed by atoms with E-state index in [2.05, 4.69) is 25.3 Å². The van der Waals surface area contributed by atoms with Gasteiger partial charge in [0.15, 0.2) is 0 Å². The van der Waals surface area contributed by atoms with Crippen molar-refractivity contribution in [3.05, 3.63) is 89.9 Å². The molecule has 3 N–H and O–H groups in total. The number of aromatic hydroxyl groups is 1. The van der Waals surface area contributed by atoms with E-state index in [0.717, 1.165) is 27.9 Å². The molecule has 8 nitrogen and oxygen atoms in total. The summed E-state index contributed by atoms with van der Waals surface area (Å²) in [7, 11) is 1.57. The summed E-state index contributed by atoms with van der Waals surface area (Å²) in [6.45, 7) is 3.84. The van der Waals surface area contributed by atoms with Crippen LogP contribution in [-0.4, -0.2) is 38.1 Å². The minimum absolute atomic E-state index is 0.0826. The maximum Gasteiger partial charge on any atom is 0.251 e. The predicted octanol–water partition coefficient (Wildman–Crippen LogP) is 5.20. The predicted molar refractivity (Wildman–Crippen MR) is 138 cm³/mol. The number of aromatic nitrogens is 4. The minimum Gasteiger partial charge on any atom is -0.507 e. The highest BCUT2D eigenvalue weighted by Gasteiger charge is 2.16. The Kier molecular flexibility index (Phi) is 6.08. The lowest BCUT2D eigenvalue weighted by Gasteiger charge is -2.14. The van der Waals surface area contributed by atoms with Crippen LogP contribution in [0.5, 0.6) is 11.6 Å². The van der Waals surface area contributed by atoms with Gasteiger partial charge < -0.3 is 20.1 Å². The highest BCUT2D eigenvalue weighted by Crippen LogP contribution is 2.35. The molecule has 1 atom stereocenters. The molecule has 0 aliphatic carbocycles. The normalized spacial score (nSPS) is 11.9. The van der Waals surface area contributed by atoms with Crippen molar-refractivity contribution in [2.24, 2.45) is 0 Å². The van der Waals surface area contributed by atoms with Crippen LogP contribution in [0.2, 0.25) is 0 Å². The molecule has 0 fully saturated rings. The van der Waals surface area contributed by atoms with Gasteiger partial charge in [0, 0.05) is 29.2 Å². The summed E-state index contributed by atoms with van der Waals surface area (Å²) in [5, 5.41) is 13.6. The zero-order valence-electron chi connectivity index (χ0n) is 20.1. The number of nitrogens with one attached hydrogen (secondary N) is 2. The van der Waals surface area contributed by atoms with Crippen molar-refractivity contribution >= 4 is 16.9 Å². The van der Waals surface area contributed by atoms with Crippen molar-refractivity contribution in [2.45, 2.75) is 19.9 Å². The molecule has 0 aliphatic rings. The Morgan fingerprint density at radius 3 is 2.69 bits per heavy atom. The Hall–Kier alpha value is -4.72. The molecule has 3 heterocycles. The fourth-order valence-electron chi connectivity index (χ4n) is 4.04. The summed E-state index contributed by atoms with van der Waals surface area (Å²) in [4.78, 5) is 29.4. The first kappa shape index (κ1) is 23.0. The smallest absolute Gasteiger partial charge is 0.251 e. The van der Waals surface area contributed by atoms with E-state index in [1.165, 1.54) is 0 Å². The summed E-state index contributed by atoms with van der Waals surface area (Å²) in [6, 6.07) is 17.9. The molecule has 5 aromatic rings. The van der Waals surface area contributed by atoms with Crippen LogP contribution in [0, 0.1) is 6.92 Å². The number of carbonyl (C=O) groups is 1. The van der Waals surface area contributed by atoms with E-state index in [-0.39, 0.29) is 17.7 Å². The molecule has 5 rings (SSSR count). The lowest BCUT2D eigenvalue weighted by Crippen LogP contribution is -2.26. The quantitative estimate of drug-likeness (QED) is 0.309. The number of carbonyl (C=O) groups excluding carboxylic acids is 1. The minimum atomic E-state index is -0.206. The van der Waals surface area contributed by atoms with E-state index in [1.807, 2.05) is 50.2 Å². The number of H-pyrrole nitrogens is 1. The van der Waals surface area contributed by atoms with E-state index in [9.17, 15) is 9.90 Å². The Morgan fingerprint density at radius 1 is 1.06 bits per heavy atom. The number of rotatable bonds is 6. The van der Waals surface area contributed by atoms with Crippen LogP contribution in [0.25, 0.3) is 33.5 Å². The average Bonchev–Trinajstić information content (AvgIpc) is 3.32. The zero-order valence-corrected chi connectivity index (χ0v) is 20.1. The number of hydrogen-bond acceptors (Lipinski definition) is 6. The molecule has 0 saturated heterocycles. The fraction of sp³-hybridized carbons (Fsp3) is 0.143. The number of hydrogen-bond donors (Lipinski definition) is 3. The van der Waals surface area contributed by atoms with Gasteiger partial charge in [-0.2, -0.15) is 0 Å². The molecule has 36 heavy (non-hydrogen) atoms. The zero-order chi connectivity index (χ0) is 25.2. The van der Waals surface area contributed by atoms with Crippen molar-refractivity contribution < 1.29 is 14.6 Å². The van der Waals surface area contributed by atoms with E-state index in [1.54, 1.807) is 43.8 Å². The Balaban J connectivity index is 1.43. The van der Waals surface area contributed by atoms with Crippen LogP contribution >= 0.6 is 0 Å². The topological polar surface area (TPSA) is 113 Å². The van der Waals surface area contributed by atoms with Crippen molar-refractivity contribution in [2.75, 3.05) is 7.11 Å². The van der Waals surface area contributed by atoms with Crippen LogP contribution < -0.4 is 10.1 Å². The number of ether oxygens (including phenoxy) is 1. The SMILES string of the molecule is COc1ncccc1-c1ccc(O)c(-c2nc3cc(C(=O)NC(C)c4ccc(C)nc4)ccc3[nH]2)c1. The van der Waals surface area contributed by atoms with Crippen LogP contribution in [0.15, 0.2) is 73.1 Å². The standard InChI is InChI=1S/C28H25N5O3/c1-16-6-7-20(15-30-16)17(2)31-27(35)19-8-10-23-24(14-19)33-26(32-23)22-13-18(9-11-25(22)34)21-5-4-12-29-28(21)36-3/h4-15,17,34H,1-3H3,(H,31,35)(H,32,33). The van der Waals surface area contributed by atoms with Gasteiger partial charge in [0.1, 0.15) is 11.6 Å². The van der Waals surface area contributed by atoms with E-state index < -0.39 is 0 Å². The highest BCUT2D eigenvalue weighted by atomic mass is 16.5. The Bertz CT molecular complexity index is 1560. The summed E-state index contributed by atoms with van der Waals surface area (Å²) < 4.78 is 5.38. The monoisotopic (exact) mass is 479 g/mol. The number of phenolic OH excluding ortho intramolecular Hbond substituents is 1. The molecule has 2 aromatic carbocycles. The first-order chi connectivity index (χ1) is 17.4. The molecule has 0 saturated carbocycles. The van der Waals surface area contributed by atoms with Gasteiger partial charge in [0.05, 0.1) is 29.7 Å². The van der Waals surface area contributed by atoms with Gasteiger partial charge >= 0.3 is 0 Å². The second-order valence-corrected chi connectivity index (χ2v) is 8.54. The number of imidazole rings is 1. The van der Waals surface area contributed by atoms with Crippen molar-refractivity contribution in [1.82, 2.24) is 25.3 Å². The van der Waals surface area contributed by atoms with Crippen LogP contribution in [-0.2, 0) is 0 Å². The third-order valence-electron chi connectivity index (χ3n) is 6.05. The average molecular weight is 480 g/mol. The maximum absolute atomic E-state index is 12.9. The number of phenols is 1. The second-order valence-electron chi connectivity index (χ2n) is 8.54. The molecule has 0 spiro atoms. The molecule has 1 unspecified atom stereocenters. The number of fused-ring (bicyclic) bond motifs is 1. The third-order valence-corrected chi connectivity index (χ3v) is 6.05. The molecular weight excluding hydrogens is 454 g/mol. The third kappa shape index (κ3) is 4.48. The summed E-state index contributed by atoms with van der Waals surface area (Å²) in [5.41, 5.74) is 5.87. The second kappa shape index (κ2) is 9.50. The van der Waals surface area contributed by atoms with Crippen LogP contribution in [0.1, 0.15) is 34.6 Å². The van der Waals surface area contributed by atoms with Gasteiger partial charge in [-0.3, -0.25) is 9.78 Å².